The van der Waals surface area contributed by atoms with Gasteiger partial charge in [0, 0.05) is 43.3 Å². The molecule has 1 aromatic rings. The quantitative estimate of drug-likeness (QED) is 0.878. The number of hydrogen-bond acceptors (Lipinski definition) is 3. The second kappa shape index (κ2) is 6.52. The molecule has 20 heavy (non-hydrogen) atoms. The fraction of sp³-hybridized carbons (Fsp3) is 0.467. The van der Waals surface area contributed by atoms with Gasteiger partial charge in [0.2, 0.25) is 5.91 Å². The normalized spacial score (nSPS) is 18.7. The number of rotatable bonds is 3. The summed E-state index contributed by atoms with van der Waals surface area (Å²) < 4.78 is 0. The van der Waals surface area contributed by atoms with Crippen LogP contribution in [0.4, 0.5) is 5.69 Å². The number of carbonyl (C=O) groups is 2. The van der Waals surface area contributed by atoms with Crippen molar-refractivity contribution in [1.82, 2.24) is 10.2 Å². The maximum Gasteiger partial charge on any atom is 0.254 e. The van der Waals surface area contributed by atoms with Gasteiger partial charge in [0.1, 0.15) is 0 Å². The van der Waals surface area contributed by atoms with E-state index in [-0.39, 0.29) is 11.8 Å². The highest BCUT2D eigenvalue weighted by molar-refractivity contribution is 5.97. The second-order valence-corrected chi connectivity index (χ2v) is 5.09. The number of nitrogens with one attached hydrogen (secondary N) is 2. The maximum atomic E-state index is 12.4. The van der Waals surface area contributed by atoms with Crippen LogP contribution in [-0.2, 0) is 4.79 Å². The molecule has 0 bridgehead atoms. The number of piperazine rings is 1. The summed E-state index contributed by atoms with van der Waals surface area (Å²) in [4.78, 5) is 25.7. The minimum Gasteiger partial charge on any atom is -0.336 e. The maximum absolute atomic E-state index is 12.4. The minimum absolute atomic E-state index is 0.0194. The summed E-state index contributed by atoms with van der Waals surface area (Å²) in [6.45, 7) is 6.11. The molecule has 0 aliphatic carbocycles. The molecule has 0 aromatic heterocycles. The molecule has 0 saturated carbocycles. The van der Waals surface area contributed by atoms with Crippen LogP contribution in [0.2, 0.25) is 0 Å². The average molecular weight is 275 g/mol. The third-order valence-corrected chi connectivity index (χ3v) is 3.37. The van der Waals surface area contributed by atoms with Crippen LogP contribution in [0, 0.1) is 0 Å². The fourth-order valence-corrected chi connectivity index (χ4v) is 2.28. The first-order valence-electron chi connectivity index (χ1n) is 7.02. The Bertz CT molecular complexity index is 502. The third-order valence-electron chi connectivity index (χ3n) is 3.37. The summed E-state index contributed by atoms with van der Waals surface area (Å²) in [6, 6.07) is 7.43. The lowest BCUT2D eigenvalue weighted by atomic mass is 10.1. The number of amides is 2. The lowest BCUT2D eigenvalue weighted by molar-refractivity contribution is -0.115. The van der Waals surface area contributed by atoms with Gasteiger partial charge in [-0.05, 0) is 25.1 Å². The van der Waals surface area contributed by atoms with Crippen LogP contribution >= 0.6 is 0 Å². The van der Waals surface area contributed by atoms with E-state index < -0.39 is 0 Å². The largest absolute Gasteiger partial charge is 0.336 e. The molecule has 0 spiro atoms. The number of anilines is 1. The first-order chi connectivity index (χ1) is 9.60. The van der Waals surface area contributed by atoms with E-state index >= 15 is 0 Å². The Balaban J connectivity index is 2.09. The summed E-state index contributed by atoms with van der Waals surface area (Å²) >= 11 is 0. The van der Waals surface area contributed by atoms with Gasteiger partial charge in [0.25, 0.3) is 5.91 Å². The molecular weight excluding hydrogens is 254 g/mol. The van der Waals surface area contributed by atoms with Gasteiger partial charge in [0.05, 0.1) is 0 Å². The van der Waals surface area contributed by atoms with Gasteiger partial charge in [0.15, 0.2) is 0 Å². The molecule has 1 atom stereocenters. The Morgan fingerprint density at radius 3 is 2.95 bits per heavy atom. The zero-order chi connectivity index (χ0) is 14.5. The zero-order valence-electron chi connectivity index (χ0n) is 12.0. The van der Waals surface area contributed by atoms with Crippen LogP contribution < -0.4 is 10.6 Å². The van der Waals surface area contributed by atoms with Crippen molar-refractivity contribution in [2.75, 3.05) is 25.0 Å². The summed E-state index contributed by atoms with van der Waals surface area (Å²) in [5, 5.41) is 6.09. The Kier molecular flexibility index (Phi) is 4.74. The van der Waals surface area contributed by atoms with Crippen molar-refractivity contribution in [3.05, 3.63) is 29.8 Å². The minimum atomic E-state index is -0.0506. The first-order valence-corrected chi connectivity index (χ1v) is 7.02. The highest BCUT2D eigenvalue weighted by Gasteiger charge is 2.21. The predicted molar refractivity (Wildman–Crippen MR) is 78.7 cm³/mol. The molecule has 108 valence electrons. The van der Waals surface area contributed by atoms with E-state index in [1.54, 1.807) is 31.2 Å². The molecule has 1 heterocycles. The topological polar surface area (TPSA) is 61.4 Å². The average Bonchev–Trinajstić information content (AvgIpc) is 2.46. The summed E-state index contributed by atoms with van der Waals surface area (Å²) in [5.74, 6) is -0.0312. The molecular formula is C15H21N3O2. The van der Waals surface area contributed by atoms with E-state index in [0.29, 0.717) is 36.8 Å². The van der Waals surface area contributed by atoms with E-state index in [1.807, 2.05) is 4.90 Å². The van der Waals surface area contributed by atoms with E-state index in [0.717, 1.165) is 6.54 Å². The van der Waals surface area contributed by atoms with E-state index in [1.165, 1.54) is 0 Å². The van der Waals surface area contributed by atoms with E-state index in [2.05, 4.69) is 17.6 Å². The van der Waals surface area contributed by atoms with E-state index in [4.69, 9.17) is 0 Å². The molecule has 1 saturated heterocycles. The Morgan fingerprint density at radius 1 is 1.45 bits per heavy atom. The third kappa shape index (κ3) is 3.57. The molecule has 1 aliphatic rings. The Hall–Kier alpha value is -1.88. The molecule has 5 heteroatoms. The van der Waals surface area contributed by atoms with Gasteiger partial charge in [-0.1, -0.05) is 13.0 Å². The van der Waals surface area contributed by atoms with Crippen molar-refractivity contribution in [2.24, 2.45) is 0 Å². The van der Waals surface area contributed by atoms with Crippen molar-refractivity contribution < 1.29 is 9.59 Å². The van der Waals surface area contributed by atoms with Gasteiger partial charge < -0.3 is 15.5 Å². The summed E-state index contributed by atoms with van der Waals surface area (Å²) in [5.41, 5.74) is 1.29. The van der Waals surface area contributed by atoms with Crippen molar-refractivity contribution >= 4 is 17.5 Å². The molecule has 2 N–H and O–H groups in total. The lowest BCUT2D eigenvalue weighted by Crippen LogP contribution is -2.51. The summed E-state index contributed by atoms with van der Waals surface area (Å²) in [6.07, 6.45) is 0.424. The molecule has 0 radical (unpaired) electrons. The highest BCUT2D eigenvalue weighted by atomic mass is 16.2. The van der Waals surface area contributed by atoms with Crippen LogP contribution in [0.15, 0.2) is 24.3 Å². The van der Waals surface area contributed by atoms with E-state index in [9.17, 15) is 9.59 Å². The SMILES string of the molecule is CCC(=O)Nc1cccc(C(=O)N2CCNC(C)C2)c1. The molecule has 1 unspecified atom stereocenters. The molecule has 1 aromatic carbocycles. The van der Waals surface area contributed by atoms with Gasteiger partial charge in [-0.3, -0.25) is 9.59 Å². The van der Waals surface area contributed by atoms with Crippen LogP contribution in [0.3, 0.4) is 0 Å². The van der Waals surface area contributed by atoms with Crippen molar-refractivity contribution in [3.63, 3.8) is 0 Å². The molecule has 1 aliphatic heterocycles. The summed E-state index contributed by atoms with van der Waals surface area (Å²) in [7, 11) is 0. The van der Waals surface area contributed by atoms with Crippen molar-refractivity contribution in [1.29, 1.82) is 0 Å². The Morgan fingerprint density at radius 2 is 2.25 bits per heavy atom. The lowest BCUT2D eigenvalue weighted by Gasteiger charge is -2.32. The zero-order valence-corrected chi connectivity index (χ0v) is 12.0. The van der Waals surface area contributed by atoms with Crippen molar-refractivity contribution in [3.8, 4) is 0 Å². The molecule has 2 amide bonds. The molecule has 5 nitrogen and oxygen atoms in total. The van der Waals surface area contributed by atoms with Crippen LogP contribution in [0.1, 0.15) is 30.6 Å². The second-order valence-electron chi connectivity index (χ2n) is 5.09. The number of benzene rings is 1. The predicted octanol–water partition coefficient (Wildman–Crippen LogP) is 1.47. The van der Waals surface area contributed by atoms with Gasteiger partial charge in [-0.2, -0.15) is 0 Å². The van der Waals surface area contributed by atoms with Crippen LogP contribution in [0.25, 0.3) is 0 Å². The monoisotopic (exact) mass is 275 g/mol. The standard InChI is InChI=1S/C15H21N3O2/c1-3-14(19)17-13-6-4-5-12(9-13)15(20)18-8-7-16-11(2)10-18/h4-6,9,11,16H,3,7-8,10H2,1-2H3,(H,17,19). The van der Waals surface area contributed by atoms with Crippen molar-refractivity contribution in [2.45, 2.75) is 26.3 Å². The van der Waals surface area contributed by atoms with Gasteiger partial charge in [-0.15, -0.1) is 0 Å². The molecule has 1 fully saturated rings. The van der Waals surface area contributed by atoms with Crippen LogP contribution in [-0.4, -0.2) is 42.4 Å². The van der Waals surface area contributed by atoms with Gasteiger partial charge >= 0.3 is 0 Å². The highest BCUT2D eigenvalue weighted by Crippen LogP contribution is 2.14. The first kappa shape index (κ1) is 14.5. The van der Waals surface area contributed by atoms with Crippen LogP contribution in [0.5, 0.6) is 0 Å². The number of carbonyl (C=O) groups excluding carboxylic acids is 2. The fourth-order valence-electron chi connectivity index (χ4n) is 2.28. The van der Waals surface area contributed by atoms with Gasteiger partial charge in [-0.25, -0.2) is 0 Å². The number of hydrogen-bond donors (Lipinski definition) is 2. The number of nitrogens with zero attached hydrogens (tertiary/aromatic N) is 1. The Labute approximate surface area is 119 Å². The molecule has 2 rings (SSSR count). The smallest absolute Gasteiger partial charge is 0.254 e.